The Hall–Kier alpha value is -0.580. The van der Waals surface area contributed by atoms with Crippen molar-refractivity contribution in [1.82, 2.24) is 0 Å². The minimum absolute atomic E-state index is 0.686. The number of rotatable bonds is 2. The molecule has 4 heteroatoms. The number of halogens is 2. The van der Waals surface area contributed by atoms with Crippen molar-refractivity contribution in [3.8, 4) is 0 Å². The molecule has 1 aromatic carbocycles. The average Bonchev–Trinajstić information content (AvgIpc) is 2.56. The van der Waals surface area contributed by atoms with E-state index in [2.05, 4.69) is 31.9 Å². The van der Waals surface area contributed by atoms with E-state index in [1.165, 1.54) is 0 Å². The van der Waals surface area contributed by atoms with Crippen LogP contribution in [0.5, 0.6) is 0 Å². The molecule has 2 nitrogen and oxygen atoms in total. The molecule has 0 aliphatic rings. The Kier molecular flexibility index (Phi) is 3.99. The Morgan fingerprint density at radius 3 is 2.33 bits per heavy atom. The highest BCUT2D eigenvalue weighted by Gasteiger charge is 2.22. The molecule has 0 aliphatic carbocycles. The van der Waals surface area contributed by atoms with Crippen LogP contribution in [-0.2, 0) is 0 Å². The first kappa shape index (κ1) is 13.8. The van der Waals surface area contributed by atoms with E-state index in [-0.39, 0.29) is 0 Å². The van der Waals surface area contributed by atoms with Gasteiger partial charge in [0.05, 0.1) is 0 Å². The predicted molar refractivity (Wildman–Crippen MR) is 78.8 cm³/mol. The molecule has 0 radical (unpaired) electrons. The van der Waals surface area contributed by atoms with Crippen molar-refractivity contribution in [3.63, 3.8) is 0 Å². The molecule has 2 rings (SSSR count). The smallest absolute Gasteiger partial charge is 0.109 e. The zero-order chi connectivity index (χ0) is 13.4. The summed E-state index contributed by atoms with van der Waals surface area (Å²) in [4.78, 5) is 0. The van der Waals surface area contributed by atoms with E-state index in [1.54, 1.807) is 0 Å². The molecular formula is C14H14Br2O2. The Morgan fingerprint density at radius 1 is 1.11 bits per heavy atom. The van der Waals surface area contributed by atoms with Crippen LogP contribution in [0.4, 0.5) is 0 Å². The van der Waals surface area contributed by atoms with E-state index >= 15 is 0 Å². The van der Waals surface area contributed by atoms with Crippen LogP contribution in [-0.4, -0.2) is 5.11 Å². The molecule has 1 N–H and O–H groups in total. The van der Waals surface area contributed by atoms with Gasteiger partial charge in [0.15, 0.2) is 0 Å². The number of furan rings is 1. The fraction of sp³-hybridized carbons (Fsp3) is 0.286. The van der Waals surface area contributed by atoms with Gasteiger partial charge in [-0.15, -0.1) is 0 Å². The number of aliphatic hydroxyl groups is 1. The second-order valence-electron chi connectivity index (χ2n) is 4.32. The molecule has 1 heterocycles. The van der Waals surface area contributed by atoms with Gasteiger partial charge < -0.3 is 9.52 Å². The summed E-state index contributed by atoms with van der Waals surface area (Å²) < 4.78 is 7.40. The van der Waals surface area contributed by atoms with Crippen LogP contribution in [0.2, 0.25) is 0 Å². The third-order valence-electron chi connectivity index (χ3n) is 3.14. The van der Waals surface area contributed by atoms with Crippen LogP contribution in [0.15, 0.2) is 31.6 Å². The lowest BCUT2D eigenvalue weighted by molar-refractivity contribution is 0.216. The lowest BCUT2D eigenvalue weighted by Crippen LogP contribution is -2.03. The largest absolute Gasteiger partial charge is 0.466 e. The van der Waals surface area contributed by atoms with E-state index in [4.69, 9.17) is 4.42 Å². The second-order valence-corrected chi connectivity index (χ2v) is 6.09. The number of hydrogen-bond acceptors (Lipinski definition) is 2. The Balaban J connectivity index is 2.54. The van der Waals surface area contributed by atoms with Crippen molar-refractivity contribution < 1.29 is 9.52 Å². The molecule has 96 valence electrons. The maximum Gasteiger partial charge on any atom is 0.109 e. The van der Waals surface area contributed by atoms with Crippen LogP contribution >= 0.6 is 31.9 Å². The third kappa shape index (κ3) is 2.42. The number of hydrogen-bond donors (Lipinski definition) is 1. The van der Waals surface area contributed by atoms with Gasteiger partial charge in [-0.3, -0.25) is 0 Å². The average molecular weight is 374 g/mol. The number of aryl methyl sites for hydroxylation is 2. The summed E-state index contributed by atoms with van der Waals surface area (Å²) >= 11 is 6.90. The van der Waals surface area contributed by atoms with Crippen molar-refractivity contribution in [1.29, 1.82) is 0 Å². The van der Waals surface area contributed by atoms with Crippen LogP contribution in [0, 0.1) is 20.8 Å². The highest BCUT2D eigenvalue weighted by Crippen LogP contribution is 2.35. The van der Waals surface area contributed by atoms with Crippen molar-refractivity contribution in [2.75, 3.05) is 0 Å². The van der Waals surface area contributed by atoms with Crippen LogP contribution < -0.4 is 0 Å². The lowest BCUT2D eigenvalue weighted by Gasteiger charge is -2.14. The van der Waals surface area contributed by atoms with Crippen molar-refractivity contribution in [2.24, 2.45) is 0 Å². The molecule has 0 fully saturated rings. The third-order valence-corrected chi connectivity index (χ3v) is 4.36. The lowest BCUT2D eigenvalue weighted by atomic mass is 9.98. The van der Waals surface area contributed by atoms with Crippen molar-refractivity contribution >= 4 is 31.9 Å². The van der Waals surface area contributed by atoms with Crippen LogP contribution in [0.3, 0.4) is 0 Å². The minimum atomic E-state index is -0.686. The first-order valence-electron chi connectivity index (χ1n) is 5.61. The molecule has 0 spiro atoms. The monoisotopic (exact) mass is 372 g/mol. The SMILES string of the molecule is Cc1oc(C)c(C(O)c2cc(Br)ccc2Br)c1C. The van der Waals surface area contributed by atoms with Gasteiger partial charge >= 0.3 is 0 Å². The molecule has 0 aliphatic heterocycles. The van der Waals surface area contributed by atoms with Crippen molar-refractivity contribution in [3.05, 3.63) is 55.4 Å². The maximum atomic E-state index is 10.6. The first-order valence-corrected chi connectivity index (χ1v) is 7.20. The molecule has 0 saturated heterocycles. The number of aliphatic hydroxyl groups excluding tert-OH is 1. The topological polar surface area (TPSA) is 33.4 Å². The van der Waals surface area contributed by atoms with E-state index < -0.39 is 6.10 Å². The standard InChI is InChI=1S/C14H14Br2O2/c1-7-8(2)18-9(3)13(7)14(17)11-6-10(15)4-5-12(11)16/h4-6,14,17H,1-3H3. The van der Waals surface area contributed by atoms with Gasteiger partial charge in [-0.25, -0.2) is 0 Å². The predicted octanol–water partition coefficient (Wildman–Crippen LogP) is 4.81. The van der Waals surface area contributed by atoms with Gasteiger partial charge in [-0.1, -0.05) is 31.9 Å². The van der Waals surface area contributed by atoms with Gasteiger partial charge in [0, 0.05) is 20.1 Å². The zero-order valence-corrected chi connectivity index (χ0v) is 13.6. The van der Waals surface area contributed by atoms with Crippen molar-refractivity contribution in [2.45, 2.75) is 26.9 Å². The molecule has 1 unspecified atom stereocenters. The Bertz CT molecular complexity index is 588. The van der Waals surface area contributed by atoms with Gasteiger partial charge in [-0.05, 0) is 44.5 Å². The van der Waals surface area contributed by atoms with Gasteiger partial charge in [0.2, 0.25) is 0 Å². The first-order chi connectivity index (χ1) is 8.41. The molecule has 1 aromatic heterocycles. The molecule has 0 amide bonds. The molecule has 18 heavy (non-hydrogen) atoms. The molecule has 0 saturated carbocycles. The summed E-state index contributed by atoms with van der Waals surface area (Å²) in [5, 5.41) is 10.6. The summed E-state index contributed by atoms with van der Waals surface area (Å²) in [5.74, 6) is 1.62. The zero-order valence-electron chi connectivity index (χ0n) is 10.4. The number of benzene rings is 1. The highest BCUT2D eigenvalue weighted by atomic mass is 79.9. The van der Waals surface area contributed by atoms with Gasteiger partial charge in [0.1, 0.15) is 17.6 Å². The maximum absolute atomic E-state index is 10.6. The molecular weight excluding hydrogens is 360 g/mol. The molecule has 1 atom stereocenters. The highest BCUT2D eigenvalue weighted by molar-refractivity contribution is 9.11. The van der Waals surface area contributed by atoms with Crippen LogP contribution in [0.25, 0.3) is 0 Å². The normalized spacial score (nSPS) is 12.8. The minimum Gasteiger partial charge on any atom is -0.466 e. The van der Waals surface area contributed by atoms with Crippen LogP contribution in [0.1, 0.15) is 34.3 Å². The van der Waals surface area contributed by atoms with E-state index in [1.807, 2.05) is 39.0 Å². The summed E-state index contributed by atoms with van der Waals surface area (Å²) in [7, 11) is 0. The molecule has 2 aromatic rings. The van der Waals surface area contributed by atoms with Gasteiger partial charge in [0.25, 0.3) is 0 Å². The summed E-state index contributed by atoms with van der Waals surface area (Å²) in [6.45, 7) is 5.76. The summed E-state index contributed by atoms with van der Waals surface area (Å²) in [5.41, 5.74) is 2.69. The fourth-order valence-electron chi connectivity index (χ4n) is 2.09. The van der Waals surface area contributed by atoms with E-state index in [0.29, 0.717) is 0 Å². The Morgan fingerprint density at radius 2 is 1.78 bits per heavy atom. The second kappa shape index (κ2) is 5.19. The summed E-state index contributed by atoms with van der Waals surface area (Å²) in [6, 6.07) is 5.76. The van der Waals surface area contributed by atoms with E-state index in [0.717, 1.165) is 37.2 Å². The fourth-order valence-corrected chi connectivity index (χ4v) is 2.93. The Labute approximate surface area is 123 Å². The van der Waals surface area contributed by atoms with E-state index in [9.17, 15) is 5.11 Å². The van der Waals surface area contributed by atoms with Gasteiger partial charge in [-0.2, -0.15) is 0 Å². The quantitative estimate of drug-likeness (QED) is 0.819. The molecule has 0 bridgehead atoms. The summed E-state index contributed by atoms with van der Waals surface area (Å²) in [6.07, 6.45) is -0.686.